The number of halogens is 2. The number of rotatable bonds is 6. The smallest absolute Gasteiger partial charge is 0.270 e. The lowest BCUT2D eigenvalue weighted by Gasteiger charge is -2.19. The van der Waals surface area contributed by atoms with Gasteiger partial charge in [-0.2, -0.15) is 0 Å². The number of aryl methyl sites for hydroxylation is 2. The molecule has 5 nitrogen and oxygen atoms in total. The molecule has 3 heterocycles. The van der Waals surface area contributed by atoms with Crippen molar-refractivity contribution in [3.8, 4) is 0 Å². The van der Waals surface area contributed by atoms with Crippen LogP contribution < -0.4 is 4.90 Å². The van der Waals surface area contributed by atoms with Gasteiger partial charge in [-0.15, -0.1) is 11.3 Å². The molecule has 28 heavy (non-hydrogen) atoms. The second-order valence-corrected chi connectivity index (χ2v) is 10.2. The SMILES string of the molecule is Cc1cc(Cl)cc2sc(N(CCCn3ccnc3)C(=O)c3ccc(Br)s3)nc12. The Bertz CT molecular complexity index is 1120. The topological polar surface area (TPSA) is 51.0 Å². The lowest BCUT2D eigenvalue weighted by atomic mass is 10.2. The third-order valence-electron chi connectivity index (χ3n) is 4.26. The molecule has 4 rings (SSSR count). The molecule has 144 valence electrons. The standard InChI is InChI=1S/C19H16BrClN4OS2/c1-12-9-13(21)10-15-17(12)23-19(28-15)25(7-2-6-24-8-5-22-11-24)18(26)14-3-4-16(20)27-14/h3-5,8-11H,2,6-7H2,1H3. The highest BCUT2D eigenvalue weighted by molar-refractivity contribution is 9.11. The van der Waals surface area contributed by atoms with Crippen molar-refractivity contribution in [1.82, 2.24) is 14.5 Å². The number of hydrogen-bond donors (Lipinski definition) is 0. The molecule has 4 aromatic rings. The minimum atomic E-state index is -0.0378. The lowest BCUT2D eigenvalue weighted by Crippen LogP contribution is -2.31. The molecule has 0 saturated carbocycles. The van der Waals surface area contributed by atoms with E-state index in [4.69, 9.17) is 16.6 Å². The summed E-state index contributed by atoms with van der Waals surface area (Å²) in [6.45, 7) is 3.34. The number of imidazole rings is 1. The van der Waals surface area contributed by atoms with Crippen LogP contribution in [0, 0.1) is 6.92 Å². The van der Waals surface area contributed by atoms with Gasteiger partial charge in [0.1, 0.15) is 0 Å². The summed E-state index contributed by atoms with van der Waals surface area (Å²) >= 11 is 12.6. The van der Waals surface area contributed by atoms with Crippen LogP contribution in [0.4, 0.5) is 5.13 Å². The van der Waals surface area contributed by atoms with Crippen molar-refractivity contribution in [2.45, 2.75) is 19.9 Å². The van der Waals surface area contributed by atoms with Crippen molar-refractivity contribution in [3.63, 3.8) is 0 Å². The maximum absolute atomic E-state index is 13.2. The molecule has 0 saturated heterocycles. The van der Waals surface area contributed by atoms with E-state index in [1.807, 2.05) is 42.0 Å². The van der Waals surface area contributed by atoms with Crippen molar-refractivity contribution >= 4 is 71.5 Å². The van der Waals surface area contributed by atoms with Crippen LogP contribution in [0.15, 0.2) is 46.8 Å². The fourth-order valence-corrected chi connectivity index (χ4v) is 5.71. The zero-order valence-corrected chi connectivity index (χ0v) is 18.9. The van der Waals surface area contributed by atoms with Crippen molar-refractivity contribution in [1.29, 1.82) is 0 Å². The fraction of sp³-hybridized carbons (Fsp3) is 0.211. The molecule has 1 aromatic carbocycles. The molecule has 0 aliphatic heterocycles. The third-order valence-corrected chi connectivity index (χ3v) is 7.11. The van der Waals surface area contributed by atoms with E-state index in [0.717, 1.165) is 32.5 Å². The van der Waals surface area contributed by atoms with Crippen molar-refractivity contribution in [3.05, 3.63) is 62.2 Å². The minimum absolute atomic E-state index is 0.0378. The Morgan fingerprint density at radius 1 is 1.32 bits per heavy atom. The Morgan fingerprint density at radius 3 is 2.89 bits per heavy atom. The Hall–Kier alpha value is -1.74. The molecule has 0 spiro atoms. The zero-order chi connectivity index (χ0) is 19.7. The average molecular weight is 496 g/mol. The van der Waals surface area contributed by atoms with Crippen molar-refractivity contribution < 1.29 is 4.79 Å². The Kier molecular flexibility index (Phi) is 5.82. The van der Waals surface area contributed by atoms with E-state index >= 15 is 0 Å². The van der Waals surface area contributed by atoms with E-state index in [2.05, 4.69) is 20.9 Å². The number of carbonyl (C=O) groups is 1. The highest BCUT2D eigenvalue weighted by Gasteiger charge is 2.23. The van der Waals surface area contributed by atoms with Crippen LogP contribution in [0.1, 0.15) is 21.7 Å². The van der Waals surface area contributed by atoms with Gasteiger partial charge in [0.05, 0.1) is 25.2 Å². The lowest BCUT2D eigenvalue weighted by molar-refractivity contribution is 0.0990. The Balaban J connectivity index is 1.65. The van der Waals surface area contributed by atoms with E-state index in [9.17, 15) is 4.79 Å². The van der Waals surface area contributed by atoms with E-state index in [0.29, 0.717) is 21.6 Å². The first kappa shape index (κ1) is 19.6. The number of amides is 1. The molecule has 0 N–H and O–H groups in total. The van der Waals surface area contributed by atoms with Crippen LogP contribution in [0.3, 0.4) is 0 Å². The highest BCUT2D eigenvalue weighted by Crippen LogP contribution is 2.34. The van der Waals surface area contributed by atoms with Crippen molar-refractivity contribution in [2.24, 2.45) is 0 Å². The van der Waals surface area contributed by atoms with Gasteiger partial charge in [-0.3, -0.25) is 9.69 Å². The van der Waals surface area contributed by atoms with E-state index in [-0.39, 0.29) is 5.91 Å². The van der Waals surface area contributed by atoms with Crippen LogP contribution in [-0.2, 0) is 6.54 Å². The first-order chi connectivity index (χ1) is 13.5. The molecule has 0 unspecified atom stereocenters. The maximum atomic E-state index is 13.2. The van der Waals surface area contributed by atoms with Gasteiger partial charge >= 0.3 is 0 Å². The van der Waals surface area contributed by atoms with Gasteiger partial charge in [0, 0.05) is 30.5 Å². The average Bonchev–Trinajstić information content (AvgIpc) is 3.38. The number of nitrogens with zero attached hydrogens (tertiary/aromatic N) is 4. The first-order valence-electron chi connectivity index (χ1n) is 8.61. The summed E-state index contributed by atoms with van der Waals surface area (Å²) < 4.78 is 3.92. The number of fused-ring (bicyclic) bond motifs is 1. The monoisotopic (exact) mass is 494 g/mol. The van der Waals surface area contributed by atoms with E-state index in [1.54, 1.807) is 17.4 Å². The largest absolute Gasteiger partial charge is 0.337 e. The molecule has 0 fully saturated rings. The minimum Gasteiger partial charge on any atom is -0.337 e. The first-order valence-corrected chi connectivity index (χ1v) is 11.4. The molecule has 0 bridgehead atoms. The number of anilines is 1. The van der Waals surface area contributed by atoms with Crippen molar-refractivity contribution in [2.75, 3.05) is 11.4 Å². The second kappa shape index (κ2) is 8.32. The summed E-state index contributed by atoms with van der Waals surface area (Å²) in [7, 11) is 0. The van der Waals surface area contributed by atoms with Gasteiger partial charge in [-0.05, 0) is 59.1 Å². The summed E-state index contributed by atoms with van der Waals surface area (Å²) in [6.07, 6.45) is 6.26. The van der Waals surface area contributed by atoms with Crippen LogP contribution in [0.2, 0.25) is 5.02 Å². The number of thiazole rings is 1. The van der Waals surface area contributed by atoms with E-state index < -0.39 is 0 Å². The molecule has 0 radical (unpaired) electrons. The van der Waals surface area contributed by atoms with Gasteiger partial charge in [0.15, 0.2) is 5.13 Å². The van der Waals surface area contributed by atoms with Gasteiger partial charge < -0.3 is 4.57 Å². The number of hydrogen-bond acceptors (Lipinski definition) is 5. The van der Waals surface area contributed by atoms with E-state index in [1.165, 1.54) is 22.7 Å². The normalized spacial score (nSPS) is 11.2. The number of carbonyl (C=O) groups excluding carboxylic acids is 1. The van der Waals surface area contributed by atoms with Crippen LogP contribution in [-0.4, -0.2) is 27.0 Å². The summed E-state index contributed by atoms with van der Waals surface area (Å²) in [5.74, 6) is -0.0378. The Labute approximate surface area is 183 Å². The third kappa shape index (κ3) is 4.15. The fourth-order valence-electron chi connectivity index (χ4n) is 2.93. The van der Waals surface area contributed by atoms with Crippen LogP contribution >= 0.6 is 50.2 Å². The molecule has 3 aromatic heterocycles. The summed E-state index contributed by atoms with van der Waals surface area (Å²) in [5, 5.41) is 1.38. The highest BCUT2D eigenvalue weighted by atomic mass is 79.9. The summed E-state index contributed by atoms with van der Waals surface area (Å²) in [6, 6.07) is 7.54. The predicted octanol–water partition coefficient (Wildman–Crippen LogP) is 6.02. The van der Waals surface area contributed by atoms with Crippen LogP contribution in [0.5, 0.6) is 0 Å². The quantitative estimate of drug-likeness (QED) is 0.329. The molecule has 9 heteroatoms. The molecule has 1 amide bonds. The molecule has 0 aliphatic carbocycles. The summed E-state index contributed by atoms with van der Waals surface area (Å²) in [5.41, 5.74) is 1.90. The predicted molar refractivity (Wildman–Crippen MR) is 120 cm³/mol. The maximum Gasteiger partial charge on any atom is 0.270 e. The van der Waals surface area contributed by atoms with Crippen LogP contribution in [0.25, 0.3) is 10.2 Å². The van der Waals surface area contributed by atoms with Gasteiger partial charge in [0.2, 0.25) is 0 Å². The van der Waals surface area contributed by atoms with Gasteiger partial charge in [0.25, 0.3) is 5.91 Å². The van der Waals surface area contributed by atoms with Gasteiger partial charge in [-0.25, -0.2) is 9.97 Å². The molecular formula is C19H16BrClN4OS2. The molecule has 0 atom stereocenters. The second-order valence-electron chi connectivity index (χ2n) is 6.28. The zero-order valence-electron chi connectivity index (χ0n) is 14.9. The molecular weight excluding hydrogens is 480 g/mol. The number of benzene rings is 1. The summed E-state index contributed by atoms with van der Waals surface area (Å²) in [4.78, 5) is 24.5. The molecule has 0 aliphatic rings. The number of thiophene rings is 1. The Morgan fingerprint density at radius 2 is 2.18 bits per heavy atom. The van der Waals surface area contributed by atoms with Gasteiger partial charge in [-0.1, -0.05) is 22.9 Å². The number of aromatic nitrogens is 3.